The molecule has 0 saturated carbocycles. The van der Waals surface area contributed by atoms with Crippen molar-refractivity contribution in [2.75, 3.05) is 13.2 Å². The first-order valence-corrected chi connectivity index (χ1v) is 7.85. The number of nitrogens with one attached hydrogen (secondary N) is 1. The molecule has 0 fully saturated rings. The Kier molecular flexibility index (Phi) is 6.34. The van der Waals surface area contributed by atoms with Crippen LogP contribution in [0.2, 0.25) is 0 Å². The smallest absolute Gasteiger partial charge is 0.133 e. The molecule has 0 aliphatic heterocycles. The highest BCUT2D eigenvalue weighted by Gasteiger charge is 2.26. The van der Waals surface area contributed by atoms with E-state index >= 15 is 0 Å². The van der Waals surface area contributed by atoms with Crippen LogP contribution >= 0.6 is 15.9 Å². The molecule has 1 N–H and O–H groups in total. The van der Waals surface area contributed by atoms with Crippen molar-refractivity contribution >= 4 is 15.9 Å². The molecule has 1 aromatic carbocycles. The fraction of sp³-hybridized carbons (Fsp3) is 0.625. The SMILES string of the molecule is CCCNC(c1ccc(OCC)c(Br)c1)C(C)(C)C. The van der Waals surface area contributed by atoms with E-state index in [9.17, 15) is 0 Å². The largest absolute Gasteiger partial charge is 0.493 e. The van der Waals surface area contributed by atoms with Crippen LogP contribution in [0, 0.1) is 5.41 Å². The van der Waals surface area contributed by atoms with Crippen LogP contribution in [-0.4, -0.2) is 13.2 Å². The van der Waals surface area contributed by atoms with Gasteiger partial charge in [0.05, 0.1) is 11.1 Å². The maximum atomic E-state index is 5.57. The quantitative estimate of drug-likeness (QED) is 0.799. The van der Waals surface area contributed by atoms with Gasteiger partial charge in [-0.2, -0.15) is 0 Å². The monoisotopic (exact) mass is 327 g/mol. The molecule has 0 aliphatic carbocycles. The second-order valence-corrected chi connectivity index (χ2v) is 6.73. The summed E-state index contributed by atoms with van der Waals surface area (Å²) < 4.78 is 6.60. The Balaban J connectivity index is 2.99. The van der Waals surface area contributed by atoms with E-state index in [1.54, 1.807) is 0 Å². The van der Waals surface area contributed by atoms with Crippen molar-refractivity contribution in [3.63, 3.8) is 0 Å². The Morgan fingerprint density at radius 3 is 2.42 bits per heavy atom. The summed E-state index contributed by atoms with van der Waals surface area (Å²) in [5.74, 6) is 0.911. The molecule has 3 heteroatoms. The van der Waals surface area contributed by atoms with E-state index in [0.29, 0.717) is 12.6 Å². The van der Waals surface area contributed by atoms with Gasteiger partial charge in [-0.15, -0.1) is 0 Å². The third-order valence-corrected chi connectivity index (χ3v) is 3.67. The van der Waals surface area contributed by atoms with Gasteiger partial charge in [0.1, 0.15) is 5.75 Å². The van der Waals surface area contributed by atoms with E-state index in [1.165, 1.54) is 5.56 Å². The maximum Gasteiger partial charge on any atom is 0.133 e. The first kappa shape index (κ1) is 16.5. The van der Waals surface area contributed by atoms with Gasteiger partial charge < -0.3 is 10.1 Å². The minimum atomic E-state index is 0.182. The van der Waals surface area contributed by atoms with Crippen LogP contribution in [0.25, 0.3) is 0 Å². The summed E-state index contributed by atoms with van der Waals surface area (Å²) in [6.45, 7) is 12.7. The van der Waals surface area contributed by atoms with E-state index in [1.807, 2.05) is 6.92 Å². The summed E-state index contributed by atoms with van der Waals surface area (Å²) in [5, 5.41) is 3.64. The van der Waals surface area contributed by atoms with E-state index < -0.39 is 0 Å². The van der Waals surface area contributed by atoms with Crippen LogP contribution in [0.5, 0.6) is 5.75 Å². The molecule has 0 bridgehead atoms. The van der Waals surface area contributed by atoms with Crippen molar-refractivity contribution in [3.05, 3.63) is 28.2 Å². The third-order valence-electron chi connectivity index (χ3n) is 3.05. The third kappa shape index (κ3) is 4.81. The summed E-state index contributed by atoms with van der Waals surface area (Å²) >= 11 is 3.60. The van der Waals surface area contributed by atoms with Gasteiger partial charge in [-0.05, 0) is 58.9 Å². The highest BCUT2D eigenvalue weighted by atomic mass is 79.9. The number of halogens is 1. The summed E-state index contributed by atoms with van der Waals surface area (Å²) in [6, 6.07) is 6.73. The zero-order chi connectivity index (χ0) is 14.5. The predicted octanol–water partition coefficient (Wildman–Crippen LogP) is 4.93. The number of hydrogen-bond acceptors (Lipinski definition) is 2. The molecule has 0 amide bonds. The molecule has 0 spiro atoms. The van der Waals surface area contributed by atoms with Crippen LogP contribution in [0.3, 0.4) is 0 Å². The highest BCUT2D eigenvalue weighted by Crippen LogP contribution is 2.36. The van der Waals surface area contributed by atoms with Gasteiger partial charge in [-0.3, -0.25) is 0 Å². The lowest BCUT2D eigenvalue weighted by atomic mass is 9.82. The standard InChI is InChI=1S/C16H26BrNO/c1-6-10-18-15(16(3,4)5)12-8-9-14(19-7-2)13(17)11-12/h8-9,11,15,18H,6-7,10H2,1-5H3. The fourth-order valence-corrected chi connectivity index (χ4v) is 2.69. The Labute approximate surface area is 126 Å². The molecule has 0 aromatic heterocycles. The maximum absolute atomic E-state index is 5.57. The zero-order valence-corrected chi connectivity index (χ0v) is 14.3. The average Bonchev–Trinajstić information content (AvgIpc) is 2.31. The fourth-order valence-electron chi connectivity index (χ4n) is 2.18. The van der Waals surface area contributed by atoms with E-state index in [2.05, 4.69) is 67.1 Å². The molecular formula is C16H26BrNO. The molecule has 0 aliphatic rings. The minimum Gasteiger partial charge on any atom is -0.493 e. The van der Waals surface area contributed by atoms with Gasteiger partial charge in [0.25, 0.3) is 0 Å². The van der Waals surface area contributed by atoms with Crippen LogP contribution < -0.4 is 10.1 Å². The molecule has 108 valence electrons. The number of hydrogen-bond donors (Lipinski definition) is 1. The Morgan fingerprint density at radius 1 is 1.26 bits per heavy atom. The van der Waals surface area contributed by atoms with Crippen LogP contribution in [0.1, 0.15) is 52.6 Å². The second kappa shape index (κ2) is 7.30. The van der Waals surface area contributed by atoms with E-state index in [4.69, 9.17) is 4.74 Å². The molecular weight excluding hydrogens is 302 g/mol. The second-order valence-electron chi connectivity index (χ2n) is 5.88. The van der Waals surface area contributed by atoms with Crippen molar-refractivity contribution < 1.29 is 4.74 Å². The first-order chi connectivity index (χ1) is 8.90. The predicted molar refractivity (Wildman–Crippen MR) is 85.8 cm³/mol. The van der Waals surface area contributed by atoms with Crippen LogP contribution in [0.15, 0.2) is 22.7 Å². The van der Waals surface area contributed by atoms with Gasteiger partial charge in [-0.1, -0.05) is 33.8 Å². The van der Waals surface area contributed by atoms with Crippen LogP contribution in [-0.2, 0) is 0 Å². The molecule has 2 nitrogen and oxygen atoms in total. The number of rotatable bonds is 6. The van der Waals surface area contributed by atoms with Gasteiger partial charge in [0.2, 0.25) is 0 Å². The van der Waals surface area contributed by atoms with E-state index in [-0.39, 0.29) is 5.41 Å². The molecule has 0 saturated heterocycles. The number of benzene rings is 1. The molecule has 0 radical (unpaired) electrons. The normalized spacial score (nSPS) is 13.4. The number of ether oxygens (including phenoxy) is 1. The zero-order valence-electron chi connectivity index (χ0n) is 12.7. The summed E-state index contributed by atoms with van der Waals surface area (Å²) in [4.78, 5) is 0. The van der Waals surface area contributed by atoms with Crippen molar-refractivity contribution in [3.8, 4) is 5.75 Å². The van der Waals surface area contributed by atoms with E-state index in [0.717, 1.165) is 23.2 Å². The molecule has 1 aromatic rings. The van der Waals surface area contributed by atoms with Gasteiger partial charge in [0, 0.05) is 6.04 Å². The highest BCUT2D eigenvalue weighted by molar-refractivity contribution is 9.10. The first-order valence-electron chi connectivity index (χ1n) is 7.05. The van der Waals surface area contributed by atoms with Gasteiger partial charge in [0.15, 0.2) is 0 Å². The van der Waals surface area contributed by atoms with Crippen molar-refractivity contribution in [2.45, 2.75) is 47.1 Å². The Morgan fingerprint density at radius 2 is 1.95 bits per heavy atom. The Bertz CT molecular complexity index is 398. The van der Waals surface area contributed by atoms with Gasteiger partial charge in [-0.25, -0.2) is 0 Å². The Hall–Kier alpha value is -0.540. The van der Waals surface area contributed by atoms with Gasteiger partial charge >= 0.3 is 0 Å². The lowest BCUT2D eigenvalue weighted by Crippen LogP contribution is -2.32. The van der Waals surface area contributed by atoms with Crippen LogP contribution in [0.4, 0.5) is 0 Å². The lowest BCUT2D eigenvalue weighted by Gasteiger charge is -2.32. The molecule has 1 unspecified atom stereocenters. The summed E-state index contributed by atoms with van der Waals surface area (Å²) in [7, 11) is 0. The summed E-state index contributed by atoms with van der Waals surface area (Å²) in [6.07, 6.45) is 1.14. The molecule has 1 rings (SSSR count). The van der Waals surface area contributed by atoms with Crippen molar-refractivity contribution in [1.29, 1.82) is 0 Å². The molecule has 0 heterocycles. The minimum absolute atomic E-state index is 0.182. The topological polar surface area (TPSA) is 21.3 Å². The summed E-state index contributed by atoms with van der Waals surface area (Å²) in [5.41, 5.74) is 1.48. The van der Waals surface area contributed by atoms with Crippen molar-refractivity contribution in [2.24, 2.45) is 5.41 Å². The molecule has 1 atom stereocenters. The van der Waals surface area contributed by atoms with Crippen molar-refractivity contribution in [1.82, 2.24) is 5.32 Å². The lowest BCUT2D eigenvalue weighted by molar-refractivity contribution is 0.272. The average molecular weight is 328 g/mol. The molecule has 19 heavy (non-hydrogen) atoms.